The van der Waals surface area contributed by atoms with E-state index >= 15 is 0 Å². The van der Waals surface area contributed by atoms with E-state index in [0.29, 0.717) is 18.3 Å². The van der Waals surface area contributed by atoms with Crippen molar-refractivity contribution in [3.05, 3.63) is 11.9 Å². The van der Waals surface area contributed by atoms with Crippen LogP contribution < -0.4 is 16.0 Å². The highest BCUT2D eigenvalue weighted by Gasteiger charge is 2.23. The molecule has 1 aromatic rings. The lowest BCUT2D eigenvalue weighted by Crippen LogP contribution is -2.43. The van der Waals surface area contributed by atoms with Crippen molar-refractivity contribution in [1.82, 2.24) is 14.9 Å². The number of hydrogen-bond acceptors (Lipinski definition) is 6. The lowest BCUT2D eigenvalue weighted by Gasteiger charge is -2.32. The van der Waals surface area contributed by atoms with Gasteiger partial charge in [-0.25, -0.2) is 15.8 Å². The molecule has 0 saturated carbocycles. The van der Waals surface area contributed by atoms with Gasteiger partial charge in [0.25, 0.3) is 0 Å². The van der Waals surface area contributed by atoms with E-state index in [4.69, 9.17) is 10.6 Å². The number of nitrogens with zero attached hydrogens (tertiary/aromatic N) is 3. The predicted octanol–water partition coefficient (Wildman–Crippen LogP) is 1.60. The fourth-order valence-electron chi connectivity index (χ4n) is 1.50. The Morgan fingerprint density at radius 1 is 1.37 bits per heavy atom. The molecule has 3 N–H and O–H groups in total. The van der Waals surface area contributed by atoms with Crippen molar-refractivity contribution in [3.63, 3.8) is 0 Å². The van der Waals surface area contributed by atoms with E-state index in [9.17, 15) is 0 Å². The Bertz CT molecular complexity index is 417. The number of anilines is 1. The quantitative estimate of drug-likeness (QED) is 0.602. The maximum atomic E-state index is 5.88. The van der Waals surface area contributed by atoms with Crippen molar-refractivity contribution in [2.45, 2.75) is 39.2 Å². The van der Waals surface area contributed by atoms with Crippen LogP contribution in [0, 0.1) is 0 Å². The molecule has 0 aliphatic rings. The van der Waals surface area contributed by atoms with Crippen LogP contribution in [0.2, 0.25) is 0 Å². The molecule has 0 aliphatic carbocycles. The lowest BCUT2D eigenvalue weighted by molar-refractivity contribution is 0.110. The van der Waals surface area contributed by atoms with Crippen LogP contribution in [-0.2, 0) is 0 Å². The van der Waals surface area contributed by atoms with Crippen LogP contribution in [0.15, 0.2) is 6.33 Å². The number of nitrogens with one attached hydrogen (secondary N) is 1. The summed E-state index contributed by atoms with van der Waals surface area (Å²) in [4.78, 5) is 10.5. The van der Waals surface area contributed by atoms with Crippen LogP contribution >= 0.6 is 0 Å². The third-order valence-corrected chi connectivity index (χ3v) is 3.33. The normalized spacial score (nSPS) is 12.1. The Hall–Kier alpha value is -1.40. The molecule has 0 unspecified atom stereocenters. The fourth-order valence-corrected chi connectivity index (χ4v) is 1.50. The lowest BCUT2D eigenvalue weighted by atomic mass is 10.0. The summed E-state index contributed by atoms with van der Waals surface area (Å²) in [5.41, 5.74) is 3.42. The minimum Gasteiger partial charge on any atom is -0.475 e. The van der Waals surface area contributed by atoms with Crippen LogP contribution in [0.1, 0.15) is 39.2 Å². The predicted molar refractivity (Wildman–Crippen MR) is 77.2 cm³/mol. The molecule has 0 atom stereocenters. The highest BCUT2D eigenvalue weighted by molar-refractivity contribution is 5.49. The van der Waals surface area contributed by atoms with E-state index in [2.05, 4.69) is 48.0 Å². The van der Waals surface area contributed by atoms with E-state index in [1.54, 1.807) is 0 Å². The molecule has 0 radical (unpaired) electrons. The van der Waals surface area contributed by atoms with Gasteiger partial charge < -0.3 is 15.1 Å². The zero-order valence-electron chi connectivity index (χ0n) is 12.7. The number of hydrazine groups is 1. The van der Waals surface area contributed by atoms with Crippen molar-refractivity contribution in [1.29, 1.82) is 0 Å². The van der Waals surface area contributed by atoms with Crippen molar-refractivity contribution >= 4 is 5.82 Å². The van der Waals surface area contributed by atoms with Gasteiger partial charge in [-0.3, -0.25) is 0 Å². The molecule has 0 aromatic carbocycles. The summed E-state index contributed by atoms with van der Waals surface area (Å²) < 4.78 is 5.88. The molecule has 6 nitrogen and oxygen atoms in total. The van der Waals surface area contributed by atoms with Gasteiger partial charge in [-0.2, -0.15) is 0 Å². The molecular weight excluding hydrogens is 242 g/mol. The molecule has 6 heteroatoms. The molecule has 0 aliphatic heterocycles. The van der Waals surface area contributed by atoms with Crippen molar-refractivity contribution < 1.29 is 4.74 Å². The first kappa shape index (κ1) is 15.7. The summed E-state index contributed by atoms with van der Waals surface area (Å²) in [6.45, 7) is 8.89. The first-order valence-corrected chi connectivity index (χ1v) is 6.41. The van der Waals surface area contributed by atoms with Crippen molar-refractivity contribution in [2.24, 2.45) is 5.84 Å². The van der Waals surface area contributed by atoms with E-state index in [-0.39, 0.29) is 11.5 Å². The number of nitrogens with two attached hydrogens (primary N) is 1. The smallest absolute Gasteiger partial charge is 0.222 e. The summed E-state index contributed by atoms with van der Waals surface area (Å²) in [6.07, 6.45) is 1.46. The molecule has 0 spiro atoms. The minimum absolute atomic E-state index is 0.0739. The average Bonchev–Trinajstić information content (AvgIpc) is 2.35. The molecule has 0 saturated heterocycles. The Balaban J connectivity index is 2.96. The summed E-state index contributed by atoms with van der Waals surface area (Å²) >= 11 is 0. The SMILES string of the molecule is CC(C)c1c(NN)ncnc1OCC(C)(C)N(C)C. The summed E-state index contributed by atoms with van der Waals surface area (Å²) in [5.74, 6) is 6.91. The van der Waals surface area contributed by atoms with Crippen LogP contribution in [0.3, 0.4) is 0 Å². The van der Waals surface area contributed by atoms with Gasteiger partial charge in [0.1, 0.15) is 12.9 Å². The van der Waals surface area contributed by atoms with Gasteiger partial charge in [0.2, 0.25) is 5.88 Å². The van der Waals surface area contributed by atoms with Gasteiger partial charge in [-0.05, 0) is 33.9 Å². The molecule has 19 heavy (non-hydrogen) atoms. The van der Waals surface area contributed by atoms with E-state index in [1.165, 1.54) is 6.33 Å². The van der Waals surface area contributed by atoms with E-state index in [0.717, 1.165) is 5.56 Å². The Morgan fingerprint density at radius 3 is 2.47 bits per heavy atom. The first-order chi connectivity index (χ1) is 8.79. The first-order valence-electron chi connectivity index (χ1n) is 6.41. The van der Waals surface area contributed by atoms with Gasteiger partial charge in [0.05, 0.1) is 5.56 Å². The maximum absolute atomic E-state index is 5.88. The fraction of sp³-hybridized carbons (Fsp3) is 0.692. The second kappa shape index (κ2) is 6.16. The summed E-state index contributed by atoms with van der Waals surface area (Å²) in [5, 5.41) is 0. The number of likely N-dealkylation sites (N-methyl/N-ethyl adjacent to an activating group) is 1. The molecule has 1 rings (SSSR count). The number of hydrogen-bond donors (Lipinski definition) is 2. The zero-order valence-corrected chi connectivity index (χ0v) is 12.7. The molecule has 0 bridgehead atoms. The Morgan fingerprint density at radius 2 is 2.00 bits per heavy atom. The van der Waals surface area contributed by atoms with E-state index < -0.39 is 0 Å². The van der Waals surface area contributed by atoms with Gasteiger partial charge >= 0.3 is 0 Å². The topological polar surface area (TPSA) is 76.3 Å². The monoisotopic (exact) mass is 267 g/mol. The summed E-state index contributed by atoms with van der Waals surface area (Å²) in [6, 6.07) is 0. The number of nitrogen functional groups attached to an aromatic ring is 1. The van der Waals surface area contributed by atoms with Crippen molar-refractivity contribution in [2.75, 3.05) is 26.1 Å². The maximum Gasteiger partial charge on any atom is 0.222 e. The van der Waals surface area contributed by atoms with Crippen molar-refractivity contribution in [3.8, 4) is 5.88 Å². The van der Waals surface area contributed by atoms with Gasteiger partial charge in [-0.15, -0.1) is 0 Å². The molecule has 0 amide bonds. The second-order valence-electron chi connectivity index (χ2n) is 5.74. The standard InChI is InChI=1S/C13H25N5O/c1-9(2)10-11(17-14)15-8-16-12(10)19-7-13(3,4)18(5)6/h8-9H,7,14H2,1-6H3,(H,15,16,17). The highest BCUT2D eigenvalue weighted by Crippen LogP contribution is 2.30. The number of ether oxygens (including phenoxy) is 1. The molecule has 0 fully saturated rings. The van der Waals surface area contributed by atoms with Crippen LogP contribution in [0.25, 0.3) is 0 Å². The number of aromatic nitrogens is 2. The van der Waals surface area contributed by atoms with Gasteiger partial charge in [0, 0.05) is 5.54 Å². The minimum atomic E-state index is -0.0739. The highest BCUT2D eigenvalue weighted by atomic mass is 16.5. The zero-order chi connectivity index (χ0) is 14.6. The van der Waals surface area contributed by atoms with Crippen LogP contribution in [0.4, 0.5) is 5.82 Å². The largest absolute Gasteiger partial charge is 0.475 e. The Labute approximate surface area is 115 Å². The molecule has 1 heterocycles. The molecular formula is C13H25N5O. The molecule has 108 valence electrons. The Kier molecular flexibility index (Phi) is 5.08. The molecule has 1 aromatic heterocycles. The third kappa shape index (κ3) is 3.78. The van der Waals surface area contributed by atoms with Gasteiger partial charge in [0.15, 0.2) is 5.82 Å². The van der Waals surface area contributed by atoms with E-state index in [1.807, 2.05) is 14.1 Å². The average molecular weight is 267 g/mol. The third-order valence-electron chi connectivity index (χ3n) is 3.33. The second-order valence-corrected chi connectivity index (χ2v) is 5.74. The van der Waals surface area contributed by atoms with Crippen LogP contribution in [-0.4, -0.2) is 41.1 Å². The van der Waals surface area contributed by atoms with Crippen LogP contribution in [0.5, 0.6) is 5.88 Å². The number of rotatable bonds is 6. The summed E-state index contributed by atoms with van der Waals surface area (Å²) in [7, 11) is 4.05. The van der Waals surface area contributed by atoms with Gasteiger partial charge in [-0.1, -0.05) is 13.8 Å².